The van der Waals surface area contributed by atoms with E-state index in [1.165, 1.54) is 0 Å². The van der Waals surface area contributed by atoms with E-state index in [0.29, 0.717) is 27.4 Å². The Morgan fingerprint density at radius 1 is 0.905 bits per heavy atom. The molecule has 0 aliphatic rings. The van der Waals surface area contributed by atoms with E-state index in [1.807, 2.05) is 30.3 Å². The van der Waals surface area contributed by atoms with Crippen LogP contribution in [0.4, 0.5) is 0 Å². The molecule has 1 unspecified atom stereocenters. The number of halogens is 3. The SMILES string of the molecule is Clc1ccc(-c2nnc(C(Cl)c3ccccc3)o2)cc1Cl. The maximum absolute atomic E-state index is 6.35. The van der Waals surface area contributed by atoms with Crippen molar-refractivity contribution in [3.63, 3.8) is 0 Å². The van der Waals surface area contributed by atoms with Crippen LogP contribution in [0.1, 0.15) is 16.8 Å². The van der Waals surface area contributed by atoms with Crippen LogP contribution >= 0.6 is 34.8 Å². The van der Waals surface area contributed by atoms with Crippen molar-refractivity contribution < 1.29 is 4.42 Å². The highest BCUT2D eigenvalue weighted by atomic mass is 35.5. The molecule has 3 rings (SSSR count). The van der Waals surface area contributed by atoms with Crippen LogP contribution in [-0.4, -0.2) is 10.2 Å². The third kappa shape index (κ3) is 3.05. The van der Waals surface area contributed by atoms with Gasteiger partial charge in [0.2, 0.25) is 11.8 Å². The predicted octanol–water partition coefficient (Wildman–Crippen LogP) is 5.37. The van der Waals surface area contributed by atoms with Gasteiger partial charge in [0.05, 0.1) is 10.0 Å². The Balaban J connectivity index is 1.91. The van der Waals surface area contributed by atoms with E-state index >= 15 is 0 Å². The lowest BCUT2D eigenvalue weighted by Gasteiger charge is -2.04. The van der Waals surface area contributed by atoms with Crippen LogP contribution in [0.15, 0.2) is 52.9 Å². The second-order valence-corrected chi connectivity index (χ2v) is 5.60. The van der Waals surface area contributed by atoms with Crippen molar-refractivity contribution in [2.75, 3.05) is 0 Å². The lowest BCUT2D eigenvalue weighted by Crippen LogP contribution is -1.92. The first kappa shape index (κ1) is 14.4. The quantitative estimate of drug-likeness (QED) is 0.602. The summed E-state index contributed by atoms with van der Waals surface area (Å²) in [5.74, 6) is 0.689. The normalized spacial score (nSPS) is 12.3. The summed E-state index contributed by atoms with van der Waals surface area (Å²) < 4.78 is 5.62. The van der Waals surface area contributed by atoms with E-state index in [1.54, 1.807) is 18.2 Å². The van der Waals surface area contributed by atoms with E-state index < -0.39 is 5.38 Å². The molecule has 0 saturated carbocycles. The molecule has 0 amide bonds. The Labute approximate surface area is 136 Å². The highest BCUT2D eigenvalue weighted by molar-refractivity contribution is 6.42. The lowest BCUT2D eigenvalue weighted by atomic mass is 10.1. The molecule has 0 bridgehead atoms. The summed E-state index contributed by atoms with van der Waals surface area (Å²) in [6, 6.07) is 14.6. The standard InChI is InChI=1S/C15H9Cl3N2O/c16-11-7-6-10(8-12(11)17)14-19-20-15(21-14)13(18)9-4-2-1-3-5-9/h1-8,13H. The molecule has 6 heteroatoms. The monoisotopic (exact) mass is 338 g/mol. The number of alkyl halides is 1. The fraction of sp³-hybridized carbons (Fsp3) is 0.0667. The molecule has 3 aromatic rings. The molecule has 0 fully saturated rings. The molecule has 21 heavy (non-hydrogen) atoms. The number of benzene rings is 2. The largest absolute Gasteiger partial charge is 0.419 e. The molecule has 0 spiro atoms. The van der Waals surface area contributed by atoms with Crippen LogP contribution in [-0.2, 0) is 0 Å². The van der Waals surface area contributed by atoms with Crippen LogP contribution in [0.3, 0.4) is 0 Å². The van der Waals surface area contributed by atoms with Gasteiger partial charge in [0.1, 0.15) is 5.38 Å². The minimum Gasteiger partial charge on any atom is -0.419 e. The van der Waals surface area contributed by atoms with Crippen molar-refractivity contribution in [2.45, 2.75) is 5.38 Å². The molecule has 0 aliphatic carbocycles. The molecular weight excluding hydrogens is 331 g/mol. The Morgan fingerprint density at radius 3 is 2.38 bits per heavy atom. The van der Waals surface area contributed by atoms with Gasteiger partial charge in [-0.1, -0.05) is 53.5 Å². The smallest absolute Gasteiger partial charge is 0.247 e. The average molecular weight is 340 g/mol. The zero-order valence-electron chi connectivity index (χ0n) is 10.6. The number of nitrogens with zero attached hydrogens (tertiary/aromatic N) is 2. The minimum atomic E-state index is -0.491. The Bertz CT molecular complexity index is 759. The number of aromatic nitrogens is 2. The molecule has 0 radical (unpaired) electrons. The molecule has 106 valence electrons. The van der Waals surface area contributed by atoms with Gasteiger partial charge >= 0.3 is 0 Å². The van der Waals surface area contributed by atoms with Gasteiger partial charge in [0.15, 0.2) is 0 Å². The molecule has 0 aliphatic heterocycles. The summed E-state index contributed by atoms with van der Waals surface area (Å²) in [6.45, 7) is 0. The van der Waals surface area contributed by atoms with Crippen molar-refractivity contribution in [2.24, 2.45) is 0 Å². The van der Waals surface area contributed by atoms with Crippen LogP contribution in [0, 0.1) is 0 Å². The second-order valence-electron chi connectivity index (χ2n) is 4.35. The molecular formula is C15H9Cl3N2O. The first-order valence-electron chi connectivity index (χ1n) is 6.13. The van der Waals surface area contributed by atoms with E-state index in [2.05, 4.69) is 10.2 Å². The zero-order chi connectivity index (χ0) is 14.8. The first-order valence-corrected chi connectivity index (χ1v) is 7.32. The second kappa shape index (κ2) is 6.06. The van der Waals surface area contributed by atoms with E-state index in [-0.39, 0.29) is 0 Å². The maximum atomic E-state index is 6.35. The molecule has 1 atom stereocenters. The van der Waals surface area contributed by atoms with Crippen molar-refractivity contribution in [1.29, 1.82) is 0 Å². The summed E-state index contributed by atoms with van der Waals surface area (Å²) in [6.07, 6.45) is 0. The number of hydrogen-bond donors (Lipinski definition) is 0. The molecule has 0 saturated heterocycles. The van der Waals surface area contributed by atoms with Gasteiger partial charge in [0.25, 0.3) is 0 Å². The van der Waals surface area contributed by atoms with Crippen molar-refractivity contribution in [1.82, 2.24) is 10.2 Å². The van der Waals surface area contributed by atoms with Crippen molar-refractivity contribution in [3.8, 4) is 11.5 Å². The topological polar surface area (TPSA) is 38.9 Å². The zero-order valence-corrected chi connectivity index (χ0v) is 12.9. The maximum Gasteiger partial charge on any atom is 0.247 e. The van der Waals surface area contributed by atoms with E-state index in [9.17, 15) is 0 Å². The molecule has 0 N–H and O–H groups in total. The minimum absolute atomic E-state index is 0.337. The summed E-state index contributed by atoms with van der Waals surface area (Å²) in [5, 5.41) is 8.41. The van der Waals surface area contributed by atoms with Crippen LogP contribution in [0.25, 0.3) is 11.5 Å². The lowest BCUT2D eigenvalue weighted by molar-refractivity contribution is 0.513. The van der Waals surface area contributed by atoms with Gasteiger partial charge in [-0.2, -0.15) is 0 Å². The molecule has 2 aromatic carbocycles. The summed E-state index contributed by atoms with van der Waals surface area (Å²) in [5.41, 5.74) is 1.59. The van der Waals surface area contributed by atoms with Gasteiger partial charge in [-0.15, -0.1) is 21.8 Å². The molecule has 1 heterocycles. The van der Waals surface area contributed by atoms with E-state index in [0.717, 1.165) is 5.56 Å². The van der Waals surface area contributed by atoms with Gasteiger partial charge in [-0.3, -0.25) is 0 Å². The highest BCUT2D eigenvalue weighted by Gasteiger charge is 2.18. The third-order valence-electron chi connectivity index (χ3n) is 2.92. The number of rotatable bonds is 3. The summed E-state index contributed by atoms with van der Waals surface area (Å²) in [4.78, 5) is 0. The average Bonchev–Trinajstić information content (AvgIpc) is 3.00. The Morgan fingerprint density at radius 2 is 1.67 bits per heavy atom. The summed E-state index contributed by atoms with van der Waals surface area (Å²) in [7, 11) is 0. The number of hydrogen-bond acceptors (Lipinski definition) is 3. The highest BCUT2D eigenvalue weighted by Crippen LogP contribution is 2.31. The summed E-state index contributed by atoms with van der Waals surface area (Å²) >= 11 is 18.2. The third-order valence-corrected chi connectivity index (χ3v) is 4.09. The van der Waals surface area contributed by atoms with Gasteiger partial charge in [-0.05, 0) is 23.8 Å². The Hall–Kier alpha value is -1.55. The molecule has 3 nitrogen and oxygen atoms in total. The molecule has 1 aromatic heterocycles. The van der Waals surface area contributed by atoms with Gasteiger partial charge < -0.3 is 4.42 Å². The van der Waals surface area contributed by atoms with Crippen LogP contribution in [0.5, 0.6) is 0 Å². The van der Waals surface area contributed by atoms with Gasteiger partial charge in [0, 0.05) is 5.56 Å². The van der Waals surface area contributed by atoms with Crippen LogP contribution in [0.2, 0.25) is 10.0 Å². The fourth-order valence-corrected chi connectivity index (χ4v) is 2.38. The predicted molar refractivity (Wildman–Crippen MR) is 83.9 cm³/mol. The van der Waals surface area contributed by atoms with E-state index in [4.69, 9.17) is 39.2 Å². The van der Waals surface area contributed by atoms with Gasteiger partial charge in [-0.25, -0.2) is 0 Å². The first-order chi connectivity index (χ1) is 10.1. The van der Waals surface area contributed by atoms with Crippen molar-refractivity contribution >= 4 is 34.8 Å². The van der Waals surface area contributed by atoms with Crippen molar-refractivity contribution in [3.05, 3.63) is 70.0 Å². The van der Waals surface area contributed by atoms with Crippen LogP contribution < -0.4 is 0 Å². The Kier molecular flexibility index (Phi) is 4.15. The fourth-order valence-electron chi connectivity index (χ4n) is 1.85.